The summed E-state index contributed by atoms with van der Waals surface area (Å²) in [4.78, 5) is 29.3. The Morgan fingerprint density at radius 2 is 2.03 bits per heavy atom. The van der Waals surface area contributed by atoms with Crippen molar-refractivity contribution in [1.29, 1.82) is 0 Å². The predicted molar refractivity (Wildman–Crippen MR) is 131 cm³/mol. The number of anilines is 1. The molecule has 4 aromatic heterocycles. The lowest BCUT2D eigenvalue weighted by Gasteiger charge is -2.36. The molecule has 0 amide bonds. The van der Waals surface area contributed by atoms with Gasteiger partial charge in [-0.25, -0.2) is 18.4 Å². The molecule has 0 unspecified atom stereocenters. The van der Waals surface area contributed by atoms with Crippen molar-refractivity contribution in [3.05, 3.63) is 48.2 Å². The third-order valence-electron chi connectivity index (χ3n) is 6.51. The third kappa shape index (κ3) is 4.08. The molecule has 0 aromatic carbocycles. The Morgan fingerprint density at radius 3 is 2.63 bits per heavy atom. The summed E-state index contributed by atoms with van der Waals surface area (Å²) >= 11 is 0. The van der Waals surface area contributed by atoms with Gasteiger partial charge in [0, 0.05) is 48.2 Å². The summed E-state index contributed by atoms with van der Waals surface area (Å²) in [5.41, 5.74) is 10.1. The van der Waals surface area contributed by atoms with Gasteiger partial charge in [-0.05, 0) is 32.8 Å². The first kappa shape index (κ1) is 23.1. The van der Waals surface area contributed by atoms with Gasteiger partial charge >= 0.3 is 0 Å². The number of nitrogen functional groups attached to an aromatic ring is 1. The number of carbonyl (C=O) groups is 1. The summed E-state index contributed by atoms with van der Waals surface area (Å²) in [5, 5.41) is 4.40. The first-order valence-electron chi connectivity index (χ1n) is 11.3. The van der Waals surface area contributed by atoms with E-state index < -0.39 is 10.0 Å². The van der Waals surface area contributed by atoms with Crippen LogP contribution in [0, 0.1) is 0 Å². The summed E-state index contributed by atoms with van der Waals surface area (Å²) < 4.78 is 27.2. The van der Waals surface area contributed by atoms with Crippen LogP contribution in [0.25, 0.3) is 28.3 Å². The van der Waals surface area contributed by atoms with Crippen LogP contribution in [0.5, 0.6) is 0 Å². The van der Waals surface area contributed by atoms with E-state index in [1.165, 1.54) is 22.0 Å². The maximum absolute atomic E-state index is 12.6. The first-order valence-corrected chi connectivity index (χ1v) is 13.1. The first-order chi connectivity index (χ1) is 16.6. The predicted octanol–water partition coefficient (Wildman–Crippen LogP) is 2.49. The minimum Gasteiger partial charge on any atom is -0.383 e. The van der Waals surface area contributed by atoms with E-state index in [0.29, 0.717) is 47.8 Å². The molecule has 0 radical (unpaired) electrons. The van der Waals surface area contributed by atoms with Crippen LogP contribution in [0.4, 0.5) is 5.82 Å². The number of rotatable bonds is 5. The fourth-order valence-electron chi connectivity index (χ4n) is 4.88. The number of carbonyl (C=O) groups excluding carboxylic acids is 1. The molecule has 0 spiro atoms. The molecule has 1 aliphatic rings. The number of hydrogen-bond acceptors (Lipinski definition) is 8. The van der Waals surface area contributed by atoms with Crippen molar-refractivity contribution >= 4 is 27.3 Å². The molecule has 3 N–H and O–H groups in total. The fourth-order valence-corrected chi connectivity index (χ4v) is 6.06. The molecular formula is C23H26N8O3S. The van der Waals surface area contributed by atoms with E-state index in [1.54, 1.807) is 24.8 Å². The molecule has 4 aromatic rings. The standard InChI is InChI=1S/C23H26N8O3S/c1-13-10-15(6-9-30(13)35(3,33)34)20-19(14(2)32)21(24)31-23(29-20)17(12-28-31)16-4-5-18(27-11-16)22-25-7-8-26-22/h4-5,7-8,11-13,15H,6,9-10,24H2,1-3H3,(H,25,26)/t13-,15+/m0/s1. The fraction of sp³-hybridized carbons (Fsp3) is 0.348. The largest absolute Gasteiger partial charge is 0.383 e. The van der Waals surface area contributed by atoms with E-state index in [2.05, 4.69) is 20.1 Å². The van der Waals surface area contributed by atoms with Gasteiger partial charge in [-0.1, -0.05) is 6.07 Å². The number of H-pyrrole nitrogens is 1. The summed E-state index contributed by atoms with van der Waals surface area (Å²) in [7, 11) is -3.31. The Kier molecular flexibility index (Phi) is 5.64. The molecule has 11 nitrogen and oxygen atoms in total. The summed E-state index contributed by atoms with van der Waals surface area (Å²) in [6.45, 7) is 3.69. The van der Waals surface area contributed by atoms with Crippen molar-refractivity contribution in [2.75, 3.05) is 18.5 Å². The number of nitrogens with zero attached hydrogens (tertiary/aromatic N) is 6. The molecule has 12 heteroatoms. The molecule has 1 fully saturated rings. The van der Waals surface area contributed by atoms with Crippen molar-refractivity contribution in [2.45, 2.75) is 38.6 Å². The molecule has 2 atom stereocenters. The molecule has 5 rings (SSSR count). The minimum atomic E-state index is -3.31. The van der Waals surface area contributed by atoms with Crippen LogP contribution in [-0.4, -0.2) is 66.9 Å². The van der Waals surface area contributed by atoms with Crippen molar-refractivity contribution in [3.63, 3.8) is 0 Å². The molecule has 0 aliphatic carbocycles. The van der Waals surface area contributed by atoms with Gasteiger partial charge in [-0.3, -0.25) is 9.78 Å². The molecule has 5 heterocycles. The average Bonchev–Trinajstić information content (AvgIpc) is 3.48. The Bertz CT molecular complexity index is 1510. The van der Waals surface area contributed by atoms with E-state index in [9.17, 15) is 13.2 Å². The quantitative estimate of drug-likeness (QED) is 0.401. The average molecular weight is 495 g/mol. The number of Topliss-reactive ketones (excluding diaryl/α,β-unsaturated/α-hetero) is 1. The molecule has 35 heavy (non-hydrogen) atoms. The number of aromatic amines is 1. The van der Waals surface area contributed by atoms with Crippen LogP contribution < -0.4 is 5.73 Å². The Hall–Kier alpha value is -3.64. The summed E-state index contributed by atoms with van der Waals surface area (Å²) in [6, 6.07) is 3.55. The van der Waals surface area contributed by atoms with Crippen LogP contribution in [0.3, 0.4) is 0 Å². The second-order valence-electron chi connectivity index (χ2n) is 8.92. The van der Waals surface area contributed by atoms with Crippen LogP contribution >= 0.6 is 0 Å². The van der Waals surface area contributed by atoms with Crippen LogP contribution in [0.2, 0.25) is 0 Å². The summed E-state index contributed by atoms with van der Waals surface area (Å²) in [5.74, 6) is 0.576. The lowest BCUT2D eigenvalue weighted by atomic mass is 9.87. The number of sulfonamides is 1. The van der Waals surface area contributed by atoms with Gasteiger partial charge < -0.3 is 10.7 Å². The number of pyridine rings is 1. The SMILES string of the molecule is CC(=O)c1c([C@@H]2CCN(S(C)(=O)=O)[C@@H](C)C2)nc2c(-c3ccc(-c4ncc[nH]4)nc3)cnn2c1N. The lowest BCUT2D eigenvalue weighted by Crippen LogP contribution is -2.43. The zero-order valence-electron chi connectivity index (χ0n) is 19.6. The molecule has 1 saturated heterocycles. The highest BCUT2D eigenvalue weighted by molar-refractivity contribution is 7.88. The van der Waals surface area contributed by atoms with Gasteiger partial charge in [0.15, 0.2) is 17.3 Å². The van der Waals surface area contributed by atoms with E-state index in [-0.39, 0.29) is 23.6 Å². The number of ketones is 1. The lowest BCUT2D eigenvalue weighted by molar-refractivity contribution is 0.101. The van der Waals surface area contributed by atoms with E-state index in [4.69, 9.17) is 10.7 Å². The minimum absolute atomic E-state index is 0.114. The molecule has 182 valence electrons. The second-order valence-corrected chi connectivity index (χ2v) is 10.9. The van der Waals surface area contributed by atoms with Crippen LogP contribution in [0.15, 0.2) is 36.9 Å². The van der Waals surface area contributed by atoms with Crippen molar-refractivity contribution < 1.29 is 13.2 Å². The Labute approximate surface area is 202 Å². The number of nitrogens with one attached hydrogen (secondary N) is 1. The zero-order valence-corrected chi connectivity index (χ0v) is 20.5. The number of piperidine rings is 1. The van der Waals surface area contributed by atoms with Gasteiger partial charge in [-0.2, -0.15) is 13.9 Å². The zero-order chi connectivity index (χ0) is 24.9. The summed E-state index contributed by atoms with van der Waals surface area (Å²) in [6.07, 6.45) is 9.08. The normalized spacial score (nSPS) is 19.3. The van der Waals surface area contributed by atoms with Crippen molar-refractivity contribution in [3.8, 4) is 22.6 Å². The van der Waals surface area contributed by atoms with Gasteiger partial charge in [-0.15, -0.1) is 0 Å². The third-order valence-corrected chi connectivity index (χ3v) is 7.90. The molecular weight excluding hydrogens is 468 g/mol. The molecule has 0 bridgehead atoms. The number of nitrogens with two attached hydrogens (primary N) is 1. The van der Waals surface area contributed by atoms with Gasteiger partial charge in [0.2, 0.25) is 10.0 Å². The smallest absolute Gasteiger partial charge is 0.211 e. The maximum atomic E-state index is 12.6. The van der Waals surface area contributed by atoms with Crippen molar-refractivity contribution in [2.24, 2.45) is 0 Å². The Morgan fingerprint density at radius 1 is 1.23 bits per heavy atom. The highest BCUT2D eigenvalue weighted by Gasteiger charge is 2.35. The van der Waals surface area contributed by atoms with Gasteiger partial charge in [0.05, 0.1) is 23.7 Å². The second kappa shape index (κ2) is 8.54. The van der Waals surface area contributed by atoms with Crippen molar-refractivity contribution in [1.82, 2.24) is 33.9 Å². The topological polar surface area (TPSA) is 152 Å². The number of hydrogen-bond donors (Lipinski definition) is 2. The number of fused-ring (bicyclic) bond motifs is 1. The number of imidazole rings is 1. The monoisotopic (exact) mass is 494 g/mol. The maximum Gasteiger partial charge on any atom is 0.211 e. The van der Waals surface area contributed by atoms with Gasteiger partial charge in [0.1, 0.15) is 11.5 Å². The van der Waals surface area contributed by atoms with Gasteiger partial charge in [0.25, 0.3) is 0 Å². The number of aromatic nitrogens is 6. The molecule has 0 saturated carbocycles. The highest BCUT2D eigenvalue weighted by atomic mass is 32.2. The Balaban J connectivity index is 1.58. The van der Waals surface area contributed by atoms with E-state index >= 15 is 0 Å². The van der Waals surface area contributed by atoms with E-state index in [1.807, 2.05) is 19.1 Å². The van der Waals surface area contributed by atoms with Crippen LogP contribution in [0.1, 0.15) is 48.7 Å². The van der Waals surface area contributed by atoms with E-state index in [0.717, 1.165) is 11.1 Å². The highest BCUT2D eigenvalue weighted by Crippen LogP contribution is 2.37. The molecule has 1 aliphatic heterocycles. The van der Waals surface area contributed by atoms with Crippen LogP contribution in [-0.2, 0) is 10.0 Å².